The molecule has 116 valence electrons. The SMILES string of the molecule is Cc1ccc(N(C)CCC(C)(NC2CC2)C(N)=O)c(C)c1. The Labute approximate surface area is 127 Å². The van der Waals surface area contributed by atoms with Crippen LogP contribution in [0.4, 0.5) is 5.69 Å². The van der Waals surface area contributed by atoms with Crippen LogP contribution in [-0.2, 0) is 4.79 Å². The number of nitrogens with two attached hydrogens (primary N) is 1. The molecule has 1 aromatic carbocycles. The van der Waals surface area contributed by atoms with E-state index in [2.05, 4.69) is 49.3 Å². The van der Waals surface area contributed by atoms with Crippen LogP contribution in [0.1, 0.15) is 37.3 Å². The number of amides is 1. The number of benzene rings is 1. The summed E-state index contributed by atoms with van der Waals surface area (Å²) in [5.74, 6) is -0.261. The van der Waals surface area contributed by atoms with Gasteiger partial charge >= 0.3 is 0 Å². The van der Waals surface area contributed by atoms with Gasteiger partial charge in [-0.25, -0.2) is 0 Å². The maximum absolute atomic E-state index is 11.8. The lowest BCUT2D eigenvalue weighted by molar-refractivity contribution is -0.124. The average Bonchev–Trinajstić information content (AvgIpc) is 3.19. The minimum Gasteiger partial charge on any atom is -0.374 e. The zero-order valence-corrected chi connectivity index (χ0v) is 13.6. The number of aryl methyl sites for hydroxylation is 2. The monoisotopic (exact) mass is 289 g/mol. The van der Waals surface area contributed by atoms with Crippen LogP contribution in [0.15, 0.2) is 18.2 Å². The van der Waals surface area contributed by atoms with E-state index in [0.29, 0.717) is 12.5 Å². The van der Waals surface area contributed by atoms with E-state index in [4.69, 9.17) is 5.73 Å². The number of nitrogens with one attached hydrogen (secondary N) is 1. The van der Waals surface area contributed by atoms with Crippen LogP contribution in [0, 0.1) is 13.8 Å². The van der Waals surface area contributed by atoms with Crippen LogP contribution in [0.2, 0.25) is 0 Å². The lowest BCUT2D eigenvalue weighted by Gasteiger charge is -2.31. The first kappa shape index (κ1) is 15.8. The number of hydrogen-bond acceptors (Lipinski definition) is 3. The van der Waals surface area contributed by atoms with Gasteiger partial charge in [-0.05, 0) is 51.7 Å². The predicted octanol–water partition coefficient (Wildman–Crippen LogP) is 2.13. The van der Waals surface area contributed by atoms with Crippen molar-refractivity contribution in [2.24, 2.45) is 5.73 Å². The fourth-order valence-electron chi connectivity index (χ4n) is 2.69. The lowest BCUT2D eigenvalue weighted by atomic mass is 9.96. The normalized spacial score (nSPS) is 17.3. The Kier molecular flexibility index (Phi) is 4.57. The second kappa shape index (κ2) is 6.06. The second-order valence-electron chi connectivity index (χ2n) is 6.58. The number of primary amides is 1. The largest absolute Gasteiger partial charge is 0.374 e. The lowest BCUT2D eigenvalue weighted by Crippen LogP contribution is -2.55. The number of carbonyl (C=O) groups is 1. The number of rotatable bonds is 7. The summed E-state index contributed by atoms with van der Waals surface area (Å²) in [4.78, 5) is 14.0. The number of anilines is 1. The molecular formula is C17H27N3O. The van der Waals surface area contributed by atoms with E-state index in [1.165, 1.54) is 16.8 Å². The summed E-state index contributed by atoms with van der Waals surface area (Å²) in [5, 5.41) is 3.40. The third-order valence-corrected chi connectivity index (χ3v) is 4.35. The number of carbonyl (C=O) groups excluding carboxylic acids is 1. The van der Waals surface area contributed by atoms with Crippen molar-refractivity contribution in [2.75, 3.05) is 18.5 Å². The highest BCUT2D eigenvalue weighted by molar-refractivity contribution is 5.84. The Morgan fingerprint density at radius 1 is 1.43 bits per heavy atom. The highest BCUT2D eigenvalue weighted by Gasteiger charge is 2.36. The molecule has 4 heteroatoms. The van der Waals surface area contributed by atoms with Gasteiger partial charge in [0.15, 0.2) is 0 Å². The number of hydrogen-bond donors (Lipinski definition) is 2. The van der Waals surface area contributed by atoms with Gasteiger partial charge in [0.25, 0.3) is 0 Å². The van der Waals surface area contributed by atoms with E-state index in [9.17, 15) is 4.79 Å². The van der Waals surface area contributed by atoms with Crippen molar-refractivity contribution in [3.8, 4) is 0 Å². The van der Waals surface area contributed by atoms with Gasteiger partial charge < -0.3 is 16.0 Å². The van der Waals surface area contributed by atoms with Crippen molar-refractivity contribution in [2.45, 2.75) is 51.6 Å². The summed E-state index contributed by atoms with van der Waals surface area (Å²) >= 11 is 0. The van der Waals surface area contributed by atoms with E-state index < -0.39 is 5.54 Å². The predicted molar refractivity (Wildman–Crippen MR) is 87.6 cm³/mol. The Morgan fingerprint density at radius 2 is 2.10 bits per heavy atom. The Bertz CT molecular complexity index is 525. The second-order valence-corrected chi connectivity index (χ2v) is 6.58. The van der Waals surface area contributed by atoms with Gasteiger partial charge in [-0.15, -0.1) is 0 Å². The average molecular weight is 289 g/mol. The molecule has 1 aliphatic rings. The molecule has 0 bridgehead atoms. The molecule has 1 fully saturated rings. The molecule has 1 saturated carbocycles. The van der Waals surface area contributed by atoms with Crippen molar-refractivity contribution >= 4 is 11.6 Å². The minimum atomic E-state index is -0.617. The van der Waals surface area contributed by atoms with Crippen LogP contribution in [-0.4, -0.2) is 31.1 Å². The van der Waals surface area contributed by atoms with E-state index in [1.54, 1.807) is 0 Å². The van der Waals surface area contributed by atoms with Gasteiger partial charge in [0.2, 0.25) is 5.91 Å². The smallest absolute Gasteiger partial charge is 0.237 e. The molecular weight excluding hydrogens is 262 g/mol. The van der Waals surface area contributed by atoms with Gasteiger partial charge in [-0.1, -0.05) is 17.7 Å². The quantitative estimate of drug-likeness (QED) is 0.808. The van der Waals surface area contributed by atoms with Crippen LogP contribution >= 0.6 is 0 Å². The molecule has 3 N–H and O–H groups in total. The van der Waals surface area contributed by atoms with Crippen LogP contribution < -0.4 is 16.0 Å². The fraction of sp³-hybridized carbons (Fsp3) is 0.588. The molecule has 1 aliphatic carbocycles. The molecule has 0 spiro atoms. The third kappa shape index (κ3) is 3.97. The molecule has 1 amide bonds. The molecule has 0 radical (unpaired) electrons. The Morgan fingerprint density at radius 3 is 2.62 bits per heavy atom. The summed E-state index contributed by atoms with van der Waals surface area (Å²) in [5.41, 5.74) is 8.72. The Hall–Kier alpha value is -1.55. The topological polar surface area (TPSA) is 58.4 Å². The highest BCUT2D eigenvalue weighted by Crippen LogP contribution is 2.25. The van der Waals surface area contributed by atoms with E-state index in [0.717, 1.165) is 19.4 Å². The maximum atomic E-state index is 11.8. The molecule has 1 atom stereocenters. The van der Waals surface area contributed by atoms with Crippen molar-refractivity contribution in [1.29, 1.82) is 0 Å². The molecule has 1 unspecified atom stereocenters. The zero-order chi connectivity index (χ0) is 15.6. The molecule has 1 aromatic rings. The fourth-order valence-corrected chi connectivity index (χ4v) is 2.69. The van der Waals surface area contributed by atoms with Crippen molar-refractivity contribution in [3.63, 3.8) is 0 Å². The highest BCUT2D eigenvalue weighted by atomic mass is 16.1. The van der Waals surface area contributed by atoms with Gasteiger partial charge in [0, 0.05) is 25.3 Å². The summed E-state index contributed by atoms with van der Waals surface area (Å²) in [6, 6.07) is 6.91. The standard InChI is InChI=1S/C17H27N3O/c1-12-5-8-15(13(2)11-12)20(4)10-9-17(3,16(18)21)19-14-6-7-14/h5,8,11,14,19H,6-7,9-10H2,1-4H3,(H2,18,21). The van der Waals surface area contributed by atoms with Crippen molar-refractivity contribution in [1.82, 2.24) is 5.32 Å². The minimum absolute atomic E-state index is 0.261. The van der Waals surface area contributed by atoms with Crippen LogP contribution in [0.3, 0.4) is 0 Å². The summed E-state index contributed by atoms with van der Waals surface area (Å²) in [6.07, 6.45) is 3.01. The van der Waals surface area contributed by atoms with Crippen molar-refractivity contribution < 1.29 is 4.79 Å². The third-order valence-electron chi connectivity index (χ3n) is 4.35. The summed E-state index contributed by atoms with van der Waals surface area (Å²) < 4.78 is 0. The number of nitrogens with zero attached hydrogens (tertiary/aromatic N) is 1. The first-order chi connectivity index (χ1) is 9.82. The first-order valence-electron chi connectivity index (χ1n) is 7.68. The van der Waals surface area contributed by atoms with Crippen molar-refractivity contribution in [3.05, 3.63) is 29.3 Å². The maximum Gasteiger partial charge on any atom is 0.237 e. The molecule has 0 heterocycles. The first-order valence-corrected chi connectivity index (χ1v) is 7.68. The molecule has 2 rings (SSSR count). The zero-order valence-electron chi connectivity index (χ0n) is 13.6. The molecule has 0 saturated heterocycles. The Balaban J connectivity index is 2.00. The van der Waals surface area contributed by atoms with Gasteiger partial charge in [0.1, 0.15) is 0 Å². The summed E-state index contributed by atoms with van der Waals surface area (Å²) in [7, 11) is 2.07. The summed E-state index contributed by atoms with van der Waals surface area (Å²) in [6.45, 7) is 6.93. The molecule has 0 aromatic heterocycles. The molecule has 4 nitrogen and oxygen atoms in total. The van der Waals surface area contributed by atoms with Gasteiger partial charge in [-0.3, -0.25) is 4.79 Å². The van der Waals surface area contributed by atoms with E-state index in [-0.39, 0.29) is 5.91 Å². The van der Waals surface area contributed by atoms with Gasteiger partial charge in [0.05, 0.1) is 5.54 Å². The van der Waals surface area contributed by atoms with Gasteiger partial charge in [-0.2, -0.15) is 0 Å². The van der Waals surface area contributed by atoms with E-state index >= 15 is 0 Å². The molecule has 0 aliphatic heterocycles. The van der Waals surface area contributed by atoms with Crippen LogP contribution in [0.25, 0.3) is 0 Å². The van der Waals surface area contributed by atoms with E-state index in [1.807, 2.05) is 6.92 Å². The van der Waals surface area contributed by atoms with Crippen LogP contribution in [0.5, 0.6) is 0 Å². The molecule has 21 heavy (non-hydrogen) atoms.